The number of aromatic nitrogens is 2. The zero-order valence-electron chi connectivity index (χ0n) is 20.9. The summed E-state index contributed by atoms with van der Waals surface area (Å²) in [5, 5.41) is 6.53. The molecule has 0 bridgehead atoms. The summed E-state index contributed by atoms with van der Waals surface area (Å²) < 4.78 is 19.8. The van der Waals surface area contributed by atoms with Crippen LogP contribution in [0.1, 0.15) is 44.4 Å². The van der Waals surface area contributed by atoms with E-state index in [-0.39, 0.29) is 5.41 Å². The lowest BCUT2D eigenvalue weighted by Gasteiger charge is -2.39. The van der Waals surface area contributed by atoms with Gasteiger partial charge in [0.05, 0.1) is 22.0 Å². The molecule has 3 aliphatic rings. The zero-order chi connectivity index (χ0) is 24.4. The molecule has 0 saturated carbocycles. The smallest absolute Gasteiger partial charge is 0.216 e. The van der Waals surface area contributed by atoms with Crippen LogP contribution >= 0.6 is 7.29 Å². The highest BCUT2D eigenvalue weighted by Gasteiger charge is 2.50. The van der Waals surface area contributed by atoms with Gasteiger partial charge in [-0.15, -0.1) is 0 Å². The number of hydrogen-bond donors (Lipinski definition) is 0. The second-order valence-corrected chi connectivity index (χ2v) is 12.9. The molecule has 1 unspecified atom stereocenters. The summed E-state index contributed by atoms with van der Waals surface area (Å²) in [6.45, 7) is 8.11. The number of fused-ring (bicyclic) bond motifs is 2. The average Bonchev–Trinajstić information content (AvgIpc) is 3.32. The summed E-state index contributed by atoms with van der Waals surface area (Å²) >= 11 is 0. The van der Waals surface area contributed by atoms with Gasteiger partial charge >= 0.3 is 0 Å². The first-order valence-electron chi connectivity index (χ1n) is 12.5. The summed E-state index contributed by atoms with van der Waals surface area (Å²) in [5.74, 6) is 0.697. The molecule has 3 aliphatic heterocycles. The first-order chi connectivity index (χ1) is 16.8. The van der Waals surface area contributed by atoms with Crippen LogP contribution in [0.2, 0.25) is 0 Å². The molecule has 35 heavy (non-hydrogen) atoms. The molecule has 0 aliphatic carbocycles. The predicted molar refractivity (Wildman–Crippen MR) is 144 cm³/mol. The molecular weight excluding hydrogens is 453 g/mol. The first-order valence-corrected chi connectivity index (χ1v) is 14.1. The second kappa shape index (κ2) is 8.04. The number of benzene rings is 2. The Morgan fingerprint density at radius 1 is 0.943 bits per heavy atom. The third-order valence-electron chi connectivity index (χ3n) is 7.78. The highest BCUT2D eigenvalue weighted by molar-refractivity contribution is 7.75. The molecular formula is C28H32N5OP. The second-order valence-electron chi connectivity index (χ2n) is 10.3. The molecule has 7 heteroatoms. The van der Waals surface area contributed by atoms with Crippen molar-refractivity contribution in [3.63, 3.8) is 0 Å². The number of para-hydroxylation sites is 2. The maximum atomic E-state index is 15.7. The molecule has 1 atom stereocenters. The molecule has 1 saturated heterocycles. The third kappa shape index (κ3) is 3.16. The van der Waals surface area contributed by atoms with Gasteiger partial charge in [-0.3, -0.25) is 4.57 Å². The molecule has 2 aromatic carbocycles. The SMILES string of the molecule is Cc1nn(-c2ccccc2)c2c1P(=O)(N1CCCCC1)/C(=C1\N(C)c3ccccc3C1(C)C)C=N2. The van der Waals surface area contributed by atoms with Gasteiger partial charge < -0.3 is 4.90 Å². The van der Waals surface area contributed by atoms with Crippen molar-refractivity contribution in [1.82, 2.24) is 14.5 Å². The van der Waals surface area contributed by atoms with Crippen LogP contribution in [0.5, 0.6) is 0 Å². The summed E-state index contributed by atoms with van der Waals surface area (Å²) in [6.07, 6.45) is 5.19. The van der Waals surface area contributed by atoms with Crippen LogP contribution in [0.15, 0.2) is 70.6 Å². The third-order valence-corrected chi connectivity index (χ3v) is 11.1. The Morgan fingerprint density at radius 3 is 2.34 bits per heavy atom. The van der Waals surface area contributed by atoms with Crippen molar-refractivity contribution in [2.75, 3.05) is 25.0 Å². The van der Waals surface area contributed by atoms with Gasteiger partial charge in [-0.05, 0) is 43.5 Å². The normalized spacial score (nSPS) is 25.5. The summed E-state index contributed by atoms with van der Waals surface area (Å²) in [6, 6.07) is 18.5. The molecule has 3 aromatic rings. The Hall–Kier alpha value is -2.95. The van der Waals surface area contributed by atoms with Gasteiger partial charge in [0.2, 0.25) is 7.29 Å². The molecule has 4 heterocycles. The van der Waals surface area contributed by atoms with E-state index in [4.69, 9.17) is 10.1 Å². The van der Waals surface area contributed by atoms with Gasteiger partial charge in [-0.1, -0.05) is 56.7 Å². The molecule has 0 spiro atoms. The standard InChI is InChI=1S/C28H32N5OP/c1-20-25-27(33(30-20)21-13-7-5-8-14-21)29-19-24(35(25,34)32-17-11-6-12-18-32)26-28(2,3)22-15-9-10-16-23(22)31(26)4/h5,7-10,13-16,19H,6,11-12,17-18H2,1-4H3/b26-24-. The van der Waals surface area contributed by atoms with E-state index in [2.05, 4.69) is 54.7 Å². The number of aliphatic imine (C=N–C) groups is 1. The minimum atomic E-state index is -3.18. The van der Waals surface area contributed by atoms with Crippen molar-refractivity contribution in [3.8, 4) is 5.69 Å². The highest BCUT2D eigenvalue weighted by atomic mass is 31.2. The summed E-state index contributed by atoms with van der Waals surface area (Å²) in [5.41, 5.74) is 4.93. The van der Waals surface area contributed by atoms with Crippen LogP contribution in [0.3, 0.4) is 0 Å². The first kappa shape index (κ1) is 22.5. The zero-order valence-corrected chi connectivity index (χ0v) is 21.8. The number of rotatable bonds is 2. The highest BCUT2D eigenvalue weighted by Crippen LogP contribution is 2.64. The Balaban J connectivity index is 1.64. The van der Waals surface area contributed by atoms with E-state index in [1.54, 1.807) is 0 Å². The van der Waals surface area contributed by atoms with Gasteiger partial charge in [0.15, 0.2) is 5.82 Å². The van der Waals surface area contributed by atoms with Crippen molar-refractivity contribution in [1.29, 1.82) is 0 Å². The number of nitrogens with zero attached hydrogens (tertiary/aromatic N) is 5. The quantitative estimate of drug-likeness (QED) is 0.423. The molecule has 6 rings (SSSR count). The Labute approximate surface area is 207 Å². The van der Waals surface area contributed by atoms with Gasteiger partial charge in [0, 0.05) is 43.2 Å². The van der Waals surface area contributed by atoms with Crippen molar-refractivity contribution in [3.05, 3.63) is 76.9 Å². The molecule has 1 fully saturated rings. The fourth-order valence-corrected chi connectivity index (χ4v) is 9.67. The summed E-state index contributed by atoms with van der Waals surface area (Å²) in [4.78, 5) is 7.19. The monoisotopic (exact) mass is 485 g/mol. The number of hydrogen-bond acceptors (Lipinski definition) is 4. The van der Waals surface area contributed by atoms with Gasteiger partial charge in [0.1, 0.15) is 0 Å². The van der Waals surface area contributed by atoms with Crippen LogP contribution in [0.4, 0.5) is 11.5 Å². The van der Waals surface area contributed by atoms with Crippen LogP contribution < -0.4 is 10.2 Å². The van der Waals surface area contributed by atoms with E-state index >= 15 is 4.57 Å². The topological polar surface area (TPSA) is 53.7 Å². The van der Waals surface area contributed by atoms with Crippen LogP contribution in [-0.4, -0.2) is 40.8 Å². The molecule has 0 amide bonds. The van der Waals surface area contributed by atoms with Crippen LogP contribution in [0, 0.1) is 6.92 Å². The van der Waals surface area contributed by atoms with Crippen molar-refractivity contribution >= 4 is 30.3 Å². The van der Waals surface area contributed by atoms with Crippen molar-refractivity contribution in [2.45, 2.75) is 45.4 Å². The Morgan fingerprint density at radius 2 is 1.63 bits per heavy atom. The van der Waals surface area contributed by atoms with E-state index < -0.39 is 7.29 Å². The maximum absolute atomic E-state index is 15.7. The lowest BCUT2D eigenvalue weighted by Crippen LogP contribution is -2.36. The minimum Gasteiger partial charge on any atom is -0.346 e. The maximum Gasteiger partial charge on any atom is 0.216 e. The van der Waals surface area contributed by atoms with Crippen LogP contribution in [-0.2, 0) is 9.98 Å². The predicted octanol–water partition coefficient (Wildman–Crippen LogP) is 5.93. The van der Waals surface area contributed by atoms with E-state index in [1.807, 2.05) is 48.2 Å². The number of piperidine rings is 1. The lowest BCUT2D eigenvalue weighted by atomic mass is 9.84. The minimum absolute atomic E-state index is 0.293. The average molecular weight is 486 g/mol. The summed E-state index contributed by atoms with van der Waals surface area (Å²) in [7, 11) is -1.09. The largest absolute Gasteiger partial charge is 0.346 e. The van der Waals surface area contributed by atoms with Gasteiger partial charge in [-0.2, -0.15) is 5.10 Å². The van der Waals surface area contributed by atoms with Crippen LogP contribution in [0.25, 0.3) is 5.69 Å². The van der Waals surface area contributed by atoms with E-state index in [0.717, 1.165) is 53.6 Å². The molecule has 1 aromatic heterocycles. The molecule has 0 N–H and O–H groups in total. The number of anilines is 1. The van der Waals surface area contributed by atoms with Crippen molar-refractivity contribution in [2.24, 2.45) is 4.99 Å². The van der Waals surface area contributed by atoms with Crippen molar-refractivity contribution < 1.29 is 4.57 Å². The Kier molecular flexibility index (Phi) is 5.17. The number of allylic oxidation sites excluding steroid dienone is 2. The van der Waals surface area contributed by atoms with Gasteiger partial charge in [-0.25, -0.2) is 14.3 Å². The fraction of sp³-hybridized carbons (Fsp3) is 0.357. The molecule has 180 valence electrons. The van der Waals surface area contributed by atoms with E-state index in [1.165, 1.54) is 17.7 Å². The molecule has 0 radical (unpaired) electrons. The lowest BCUT2D eigenvalue weighted by molar-refractivity contribution is 0.351. The Bertz CT molecular complexity index is 1410. The molecule has 6 nitrogen and oxygen atoms in total. The van der Waals surface area contributed by atoms with E-state index in [9.17, 15) is 0 Å². The number of aryl methyl sites for hydroxylation is 1. The fourth-order valence-electron chi connectivity index (χ4n) is 6.16. The van der Waals surface area contributed by atoms with Gasteiger partial charge in [0.25, 0.3) is 0 Å². The number of likely N-dealkylation sites (N-methyl/N-ethyl adjacent to an activating group) is 1. The van der Waals surface area contributed by atoms with E-state index in [0.29, 0.717) is 5.82 Å².